The number of hydrogen-bond donors (Lipinski definition) is 3. The SMILES string of the molecule is CC(C)(CCNC(=O)OCC1c2ccccc2-c2ccccc21)C(=O)NCCCCCC(=O)O. The lowest BCUT2D eigenvalue weighted by Crippen LogP contribution is -2.40. The molecule has 0 radical (unpaired) electrons. The van der Waals surface area contributed by atoms with Crippen LogP contribution in [0.15, 0.2) is 48.5 Å². The second-order valence-electron chi connectivity index (χ2n) is 9.35. The number of nitrogens with one attached hydrogen (secondary N) is 2. The number of benzene rings is 2. The summed E-state index contributed by atoms with van der Waals surface area (Å²) in [6, 6.07) is 16.4. The Labute approximate surface area is 200 Å². The monoisotopic (exact) mass is 466 g/mol. The number of carbonyl (C=O) groups excluding carboxylic acids is 2. The smallest absolute Gasteiger partial charge is 0.407 e. The van der Waals surface area contributed by atoms with Gasteiger partial charge in [0, 0.05) is 30.8 Å². The Bertz CT molecular complexity index is 972. The fraction of sp³-hybridized carbons (Fsp3) is 0.444. The van der Waals surface area contributed by atoms with Gasteiger partial charge in [0.2, 0.25) is 5.91 Å². The molecule has 7 nitrogen and oxygen atoms in total. The molecule has 0 atom stereocenters. The van der Waals surface area contributed by atoms with Gasteiger partial charge in [0.25, 0.3) is 0 Å². The van der Waals surface area contributed by atoms with Gasteiger partial charge in [-0.25, -0.2) is 4.79 Å². The van der Waals surface area contributed by atoms with Crippen LogP contribution in [0.4, 0.5) is 4.79 Å². The molecule has 0 aliphatic heterocycles. The minimum absolute atomic E-state index is 0.0101. The number of ether oxygens (including phenoxy) is 1. The predicted octanol–water partition coefficient (Wildman–Crippen LogP) is 4.70. The first-order valence-electron chi connectivity index (χ1n) is 11.9. The Kier molecular flexibility index (Phi) is 8.68. The second-order valence-corrected chi connectivity index (χ2v) is 9.35. The number of alkyl carbamates (subject to hydrolysis) is 1. The lowest BCUT2D eigenvalue weighted by atomic mass is 9.88. The van der Waals surface area contributed by atoms with Crippen molar-refractivity contribution in [3.63, 3.8) is 0 Å². The van der Waals surface area contributed by atoms with Crippen LogP contribution in [-0.2, 0) is 14.3 Å². The zero-order chi connectivity index (χ0) is 24.6. The van der Waals surface area contributed by atoms with Crippen molar-refractivity contribution in [3.8, 4) is 11.1 Å². The molecule has 0 spiro atoms. The van der Waals surface area contributed by atoms with E-state index < -0.39 is 17.5 Å². The molecule has 2 aromatic carbocycles. The van der Waals surface area contributed by atoms with Crippen LogP contribution in [0.5, 0.6) is 0 Å². The van der Waals surface area contributed by atoms with E-state index >= 15 is 0 Å². The lowest BCUT2D eigenvalue weighted by molar-refractivity contribution is -0.137. The van der Waals surface area contributed by atoms with Gasteiger partial charge in [-0.1, -0.05) is 68.8 Å². The van der Waals surface area contributed by atoms with Gasteiger partial charge in [-0.2, -0.15) is 0 Å². The maximum Gasteiger partial charge on any atom is 0.407 e. The number of carboxylic acid groups (broad SMARTS) is 1. The highest BCUT2D eigenvalue weighted by Crippen LogP contribution is 2.44. The number of amides is 2. The third kappa shape index (κ3) is 6.59. The van der Waals surface area contributed by atoms with Gasteiger partial charge in [-0.3, -0.25) is 9.59 Å². The number of carbonyl (C=O) groups is 3. The number of fused-ring (bicyclic) bond motifs is 3. The van der Waals surface area contributed by atoms with Crippen LogP contribution in [0, 0.1) is 5.41 Å². The summed E-state index contributed by atoms with van der Waals surface area (Å²) in [5.74, 6) is -0.870. The van der Waals surface area contributed by atoms with Crippen molar-refractivity contribution in [2.75, 3.05) is 19.7 Å². The Morgan fingerprint density at radius 2 is 1.50 bits per heavy atom. The van der Waals surface area contributed by atoms with Gasteiger partial charge in [0.05, 0.1) is 0 Å². The quantitative estimate of drug-likeness (QED) is 0.393. The largest absolute Gasteiger partial charge is 0.481 e. The molecule has 0 saturated carbocycles. The minimum Gasteiger partial charge on any atom is -0.481 e. The number of carboxylic acids is 1. The first kappa shape index (κ1) is 25.3. The molecule has 0 aromatic heterocycles. The summed E-state index contributed by atoms with van der Waals surface area (Å²) in [5.41, 5.74) is 4.05. The van der Waals surface area contributed by atoms with Gasteiger partial charge in [0.1, 0.15) is 6.61 Å². The number of unbranched alkanes of at least 4 members (excludes halogenated alkanes) is 2. The summed E-state index contributed by atoms with van der Waals surface area (Å²) in [7, 11) is 0. The molecule has 0 unspecified atom stereocenters. The standard InChI is InChI=1S/C27H34N2O5/c1-27(2,25(32)28-16-9-3-4-14-24(30)31)15-17-29-26(33)34-18-23-21-12-7-5-10-19(21)20-11-6-8-13-22(20)23/h5-8,10-13,23H,3-4,9,14-18H2,1-2H3,(H,28,32)(H,29,33)(H,30,31). The summed E-state index contributed by atoms with van der Waals surface area (Å²) in [6.45, 7) is 4.78. The second kappa shape index (κ2) is 11.7. The average molecular weight is 467 g/mol. The average Bonchev–Trinajstić information content (AvgIpc) is 3.13. The number of rotatable bonds is 12. The minimum atomic E-state index is -0.797. The van der Waals surface area contributed by atoms with Crippen molar-refractivity contribution in [2.24, 2.45) is 5.41 Å². The van der Waals surface area contributed by atoms with Gasteiger partial charge >= 0.3 is 12.1 Å². The van der Waals surface area contributed by atoms with Crippen LogP contribution in [0.3, 0.4) is 0 Å². The van der Waals surface area contributed by atoms with E-state index in [0.29, 0.717) is 25.9 Å². The third-order valence-corrected chi connectivity index (χ3v) is 6.33. The van der Waals surface area contributed by atoms with E-state index in [2.05, 4.69) is 34.9 Å². The first-order chi connectivity index (χ1) is 16.3. The molecule has 2 amide bonds. The van der Waals surface area contributed by atoms with E-state index in [-0.39, 0.29) is 24.9 Å². The highest BCUT2D eigenvalue weighted by Gasteiger charge is 2.30. The molecule has 1 aliphatic rings. The van der Waals surface area contributed by atoms with Crippen molar-refractivity contribution < 1.29 is 24.2 Å². The van der Waals surface area contributed by atoms with Crippen molar-refractivity contribution in [1.29, 1.82) is 0 Å². The molecule has 182 valence electrons. The molecule has 0 heterocycles. The van der Waals surface area contributed by atoms with Crippen LogP contribution in [0.2, 0.25) is 0 Å². The Hall–Kier alpha value is -3.35. The molecular formula is C27H34N2O5. The third-order valence-electron chi connectivity index (χ3n) is 6.33. The fourth-order valence-electron chi connectivity index (χ4n) is 4.26. The van der Waals surface area contributed by atoms with Crippen LogP contribution >= 0.6 is 0 Å². The van der Waals surface area contributed by atoms with Crippen molar-refractivity contribution >= 4 is 18.0 Å². The molecule has 0 saturated heterocycles. The molecule has 0 fully saturated rings. The summed E-state index contributed by atoms with van der Waals surface area (Å²) in [5, 5.41) is 14.3. The zero-order valence-corrected chi connectivity index (χ0v) is 19.9. The summed E-state index contributed by atoms with van der Waals surface area (Å²) >= 11 is 0. The van der Waals surface area contributed by atoms with E-state index in [0.717, 1.165) is 24.0 Å². The van der Waals surface area contributed by atoms with Crippen LogP contribution < -0.4 is 10.6 Å². The van der Waals surface area contributed by atoms with E-state index in [1.165, 1.54) is 11.1 Å². The molecule has 1 aliphatic carbocycles. The van der Waals surface area contributed by atoms with Gasteiger partial charge in [-0.15, -0.1) is 0 Å². The van der Waals surface area contributed by atoms with Crippen molar-refractivity contribution in [1.82, 2.24) is 10.6 Å². The Morgan fingerprint density at radius 1 is 0.882 bits per heavy atom. The van der Waals surface area contributed by atoms with Gasteiger partial charge < -0.3 is 20.5 Å². The Morgan fingerprint density at radius 3 is 2.12 bits per heavy atom. The van der Waals surface area contributed by atoms with Gasteiger partial charge in [-0.05, 0) is 41.5 Å². The molecule has 34 heavy (non-hydrogen) atoms. The molecule has 2 aromatic rings. The van der Waals surface area contributed by atoms with E-state index in [1.54, 1.807) is 0 Å². The predicted molar refractivity (Wildman–Crippen MR) is 131 cm³/mol. The summed E-state index contributed by atoms with van der Waals surface area (Å²) in [6.07, 6.45) is 2.25. The van der Waals surface area contributed by atoms with Crippen molar-refractivity contribution in [3.05, 3.63) is 59.7 Å². The topological polar surface area (TPSA) is 105 Å². The maximum absolute atomic E-state index is 12.5. The lowest BCUT2D eigenvalue weighted by Gasteiger charge is -2.23. The zero-order valence-electron chi connectivity index (χ0n) is 19.9. The summed E-state index contributed by atoms with van der Waals surface area (Å²) in [4.78, 5) is 35.3. The molecule has 0 bridgehead atoms. The van der Waals surface area contributed by atoms with Crippen LogP contribution in [-0.4, -0.2) is 42.8 Å². The van der Waals surface area contributed by atoms with Crippen LogP contribution in [0.25, 0.3) is 11.1 Å². The van der Waals surface area contributed by atoms with Crippen molar-refractivity contribution in [2.45, 2.75) is 51.9 Å². The Balaban J connectivity index is 1.39. The maximum atomic E-state index is 12.5. The van der Waals surface area contributed by atoms with E-state index in [4.69, 9.17) is 9.84 Å². The highest BCUT2D eigenvalue weighted by molar-refractivity contribution is 5.82. The van der Waals surface area contributed by atoms with E-state index in [9.17, 15) is 14.4 Å². The molecular weight excluding hydrogens is 432 g/mol. The first-order valence-corrected chi connectivity index (χ1v) is 11.9. The number of aliphatic carboxylic acids is 1. The number of hydrogen-bond acceptors (Lipinski definition) is 4. The molecule has 7 heteroatoms. The van der Waals surface area contributed by atoms with Gasteiger partial charge in [0.15, 0.2) is 0 Å². The normalized spacial score (nSPS) is 12.5. The highest BCUT2D eigenvalue weighted by atomic mass is 16.5. The van der Waals surface area contributed by atoms with E-state index in [1.807, 2.05) is 38.1 Å². The molecule has 3 N–H and O–H groups in total. The van der Waals surface area contributed by atoms with Crippen LogP contribution in [0.1, 0.15) is 63.0 Å². The fourth-order valence-corrected chi connectivity index (χ4v) is 4.26. The molecule has 3 rings (SSSR count). The summed E-state index contributed by atoms with van der Waals surface area (Å²) < 4.78 is 5.54.